The number of hydrogen-bond donors (Lipinski definition) is 1. The predicted octanol–water partition coefficient (Wildman–Crippen LogP) is 3.91. The molecule has 4 rings (SSSR count). The molecule has 1 unspecified atom stereocenters. The second-order valence-corrected chi connectivity index (χ2v) is 7.92. The number of amides is 1. The first kappa shape index (κ1) is 18.2. The lowest BCUT2D eigenvalue weighted by atomic mass is 10.1. The van der Waals surface area contributed by atoms with Crippen molar-refractivity contribution in [2.45, 2.75) is 19.9 Å². The van der Waals surface area contributed by atoms with Crippen molar-refractivity contribution >= 4 is 28.2 Å². The molecule has 1 aliphatic rings. The first-order chi connectivity index (χ1) is 13.1. The molecule has 1 atom stereocenters. The van der Waals surface area contributed by atoms with E-state index in [-0.39, 0.29) is 11.9 Å². The number of nitrogens with zero attached hydrogens (tertiary/aromatic N) is 1. The lowest BCUT2D eigenvalue weighted by Crippen LogP contribution is -2.43. The number of aryl methyl sites for hydroxylation is 2. The Balaban J connectivity index is 1.52. The average Bonchev–Trinajstić information content (AvgIpc) is 3.32. The summed E-state index contributed by atoms with van der Waals surface area (Å²) < 4.78 is 11.3. The van der Waals surface area contributed by atoms with Crippen LogP contribution in [-0.2, 0) is 4.74 Å². The number of carbonyl (C=O) groups excluding carboxylic acids is 1. The minimum absolute atomic E-state index is 0.156. The molecular weight excluding hydrogens is 360 g/mol. The summed E-state index contributed by atoms with van der Waals surface area (Å²) >= 11 is 1.72. The van der Waals surface area contributed by atoms with E-state index in [0.717, 1.165) is 48.4 Å². The van der Waals surface area contributed by atoms with Gasteiger partial charge in [0.2, 0.25) is 0 Å². The van der Waals surface area contributed by atoms with Crippen molar-refractivity contribution in [3.8, 4) is 0 Å². The Morgan fingerprint density at radius 1 is 1.26 bits per heavy atom. The van der Waals surface area contributed by atoms with Gasteiger partial charge >= 0.3 is 0 Å². The third-order valence-electron chi connectivity index (χ3n) is 5.11. The Hall–Kier alpha value is -2.15. The first-order valence-corrected chi connectivity index (χ1v) is 10.1. The molecule has 6 heteroatoms. The highest BCUT2D eigenvalue weighted by Crippen LogP contribution is 2.28. The Kier molecular flexibility index (Phi) is 5.29. The fourth-order valence-corrected chi connectivity index (χ4v) is 4.46. The summed E-state index contributed by atoms with van der Waals surface area (Å²) in [6.45, 7) is 7.76. The minimum atomic E-state index is -0.156. The molecule has 0 saturated carbocycles. The molecule has 3 aromatic rings. The van der Waals surface area contributed by atoms with Gasteiger partial charge in [-0.3, -0.25) is 9.69 Å². The van der Waals surface area contributed by atoms with Gasteiger partial charge in [0.25, 0.3) is 5.91 Å². The molecule has 5 nitrogen and oxygen atoms in total. The maximum Gasteiger partial charge on any atom is 0.287 e. The summed E-state index contributed by atoms with van der Waals surface area (Å²) in [5.41, 5.74) is 2.81. The summed E-state index contributed by atoms with van der Waals surface area (Å²) in [6, 6.07) is 10.3. The number of fused-ring (bicyclic) bond motifs is 1. The van der Waals surface area contributed by atoms with E-state index in [4.69, 9.17) is 9.15 Å². The molecule has 142 valence electrons. The van der Waals surface area contributed by atoms with Gasteiger partial charge in [-0.1, -0.05) is 17.7 Å². The van der Waals surface area contributed by atoms with E-state index in [9.17, 15) is 4.79 Å². The smallest absolute Gasteiger partial charge is 0.287 e. The SMILES string of the molecule is Cc1ccc2oc(C(=O)NCC(c3cccs3)N3CCOCC3)c(C)c2c1. The monoisotopic (exact) mass is 384 g/mol. The summed E-state index contributed by atoms with van der Waals surface area (Å²) in [6.07, 6.45) is 0. The van der Waals surface area contributed by atoms with Crippen molar-refractivity contribution in [1.29, 1.82) is 0 Å². The summed E-state index contributed by atoms with van der Waals surface area (Å²) in [7, 11) is 0. The molecule has 0 bridgehead atoms. The van der Waals surface area contributed by atoms with Crippen molar-refractivity contribution in [2.75, 3.05) is 32.8 Å². The number of morpholine rings is 1. The largest absolute Gasteiger partial charge is 0.451 e. The number of benzene rings is 1. The van der Waals surface area contributed by atoms with Crippen molar-refractivity contribution in [3.63, 3.8) is 0 Å². The fraction of sp³-hybridized carbons (Fsp3) is 0.381. The van der Waals surface area contributed by atoms with E-state index in [1.54, 1.807) is 11.3 Å². The van der Waals surface area contributed by atoms with Gasteiger partial charge in [-0.2, -0.15) is 0 Å². The predicted molar refractivity (Wildman–Crippen MR) is 107 cm³/mol. The lowest BCUT2D eigenvalue weighted by molar-refractivity contribution is 0.0168. The van der Waals surface area contributed by atoms with Crippen molar-refractivity contribution < 1.29 is 13.9 Å². The zero-order chi connectivity index (χ0) is 18.8. The van der Waals surface area contributed by atoms with E-state index >= 15 is 0 Å². The van der Waals surface area contributed by atoms with Crippen LogP contribution in [0.1, 0.15) is 32.6 Å². The summed E-state index contributed by atoms with van der Waals surface area (Å²) in [5, 5.41) is 6.18. The molecule has 0 aliphatic carbocycles. The van der Waals surface area contributed by atoms with Crippen LogP contribution >= 0.6 is 11.3 Å². The van der Waals surface area contributed by atoms with Gasteiger partial charge in [0.05, 0.1) is 19.3 Å². The van der Waals surface area contributed by atoms with Crippen LogP contribution in [0.4, 0.5) is 0 Å². The lowest BCUT2D eigenvalue weighted by Gasteiger charge is -2.34. The van der Waals surface area contributed by atoms with Gasteiger partial charge in [0.15, 0.2) is 5.76 Å². The first-order valence-electron chi connectivity index (χ1n) is 9.26. The standard InChI is InChI=1S/C21H24N2O3S/c1-14-5-6-18-16(12-14)15(2)20(26-18)21(24)22-13-17(19-4-3-11-27-19)23-7-9-25-10-8-23/h3-6,11-12,17H,7-10,13H2,1-2H3,(H,22,24). The molecular formula is C21H24N2O3S. The normalized spacial score (nSPS) is 16.5. The molecule has 1 N–H and O–H groups in total. The Labute approximate surface area is 162 Å². The van der Waals surface area contributed by atoms with E-state index < -0.39 is 0 Å². The number of rotatable bonds is 5. The third kappa shape index (κ3) is 3.78. The Morgan fingerprint density at radius 2 is 2.07 bits per heavy atom. The molecule has 1 aromatic carbocycles. The minimum Gasteiger partial charge on any atom is -0.451 e. The molecule has 0 radical (unpaired) electrons. The van der Waals surface area contributed by atoms with E-state index in [0.29, 0.717) is 12.3 Å². The Morgan fingerprint density at radius 3 is 2.81 bits per heavy atom. The van der Waals surface area contributed by atoms with Gasteiger partial charge < -0.3 is 14.5 Å². The van der Waals surface area contributed by atoms with E-state index in [2.05, 4.69) is 33.8 Å². The van der Waals surface area contributed by atoms with Crippen LogP contribution in [0.3, 0.4) is 0 Å². The third-order valence-corrected chi connectivity index (χ3v) is 6.09. The molecule has 3 heterocycles. The average molecular weight is 385 g/mol. The second kappa shape index (κ2) is 7.84. The summed E-state index contributed by atoms with van der Waals surface area (Å²) in [5.74, 6) is 0.249. The van der Waals surface area contributed by atoms with E-state index in [1.165, 1.54) is 4.88 Å². The van der Waals surface area contributed by atoms with Crippen molar-refractivity contribution in [3.05, 3.63) is 57.5 Å². The van der Waals surface area contributed by atoms with Crippen LogP contribution in [0, 0.1) is 13.8 Å². The number of thiophene rings is 1. The van der Waals surface area contributed by atoms with Crippen LogP contribution in [0.2, 0.25) is 0 Å². The van der Waals surface area contributed by atoms with Gasteiger partial charge in [0.1, 0.15) is 5.58 Å². The second-order valence-electron chi connectivity index (χ2n) is 6.95. The molecule has 0 spiro atoms. The molecule has 27 heavy (non-hydrogen) atoms. The van der Waals surface area contributed by atoms with Gasteiger partial charge in [-0.05, 0) is 37.4 Å². The maximum absolute atomic E-state index is 12.8. The number of ether oxygens (including phenoxy) is 1. The highest BCUT2D eigenvalue weighted by Gasteiger charge is 2.25. The molecule has 1 amide bonds. The zero-order valence-electron chi connectivity index (χ0n) is 15.7. The van der Waals surface area contributed by atoms with Crippen LogP contribution in [0.5, 0.6) is 0 Å². The topological polar surface area (TPSA) is 54.7 Å². The molecule has 2 aromatic heterocycles. The highest BCUT2D eigenvalue weighted by molar-refractivity contribution is 7.10. The van der Waals surface area contributed by atoms with E-state index in [1.807, 2.05) is 26.0 Å². The number of carbonyl (C=O) groups is 1. The van der Waals surface area contributed by atoms with Gasteiger partial charge in [-0.25, -0.2) is 0 Å². The number of nitrogens with one attached hydrogen (secondary N) is 1. The highest BCUT2D eigenvalue weighted by atomic mass is 32.1. The quantitative estimate of drug-likeness (QED) is 0.725. The number of hydrogen-bond acceptors (Lipinski definition) is 5. The van der Waals surface area contributed by atoms with Crippen LogP contribution < -0.4 is 5.32 Å². The van der Waals surface area contributed by atoms with Crippen molar-refractivity contribution in [2.24, 2.45) is 0 Å². The maximum atomic E-state index is 12.8. The zero-order valence-corrected chi connectivity index (χ0v) is 16.5. The Bertz CT molecular complexity index is 926. The van der Waals surface area contributed by atoms with Crippen LogP contribution in [0.25, 0.3) is 11.0 Å². The molecule has 1 fully saturated rings. The molecule has 1 aliphatic heterocycles. The van der Waals surface area contributed by atoms with Crippen molar-refractivity contribution in [1.82, 2.24) is 10.2 Å². The molecule has 1 saturated heterocycles. The van der Waals surface area contributed by atoms with Gasteiger partial charge in [-0.15, -0.1) is 11.3 Å². The number of furan rings is 1. The van der Waals surface area contributed by atoms with Crippen LogP contribution in [0.15, 0.2) is 40.1 Å². The van der Waals surface area contributed by atoms with Crippen LogP contribution in [-0.4, -0.2) is 43.7 Å². The summed E-state index contributed by atoms with van der Waals surface area (Å²) in [4.78, 5) is 16.5. The van der Waals surface area contributed by atoms with Gasteiger partial charge in [0, 0.05) is 35.5 Å². The fourth-order valence-electron chi connectivity index (χ4n) is 3.60.